The lowest BCUT2D eigenvalue weighted by Gasteiger charge is -2.10. The van der Waals surface area contributed by atoms with Gasteiger partial charge >= 0.3 is 0 Å². The molecule has 138 valence electrons. The van der Waals surface area contributed by atoms with E-state index in [1.165, 1.54) is 36.4 Å². The van der Waals surface area contributed by atoms with Gasteiger partial charge < -0.3 is 10.8 Å². The summed E-state index contributed by atoms with van der Waals surface area (Å²) in [4.78, 5) is 9.60. The van der Waals surface area contributed by atoms with Crippen molar-refractivity contribution in [2.75, 3.05) is 5.73 Å². The van der Waals surface area contributed by atoms with Crippen LogP contribution in [0.2, 0.25) is 0 Å². The molecule has 0 saturated heterocycles. The highest BCUT2D eigenvalue weighted by atomic mass is 32.2. The predicted molar refractivity (Wildman–Crippen MR) is 97.1 cm³/mol. The van der Waals surface area contributed by atoms with Crippen LogP contribution in [0.5, 0.6) is 5.75 Å². The monoisotopic (exact) mass is 388 g/mol. The van der Waals surface area contributed by atoms with E-state index < -0.39 is 25.6 Å². The van der Waals surface area contributed by atoms with E-state index in [2.05, 4.69) is 10.2 Å². The first kappa shape index (κ1) is 18.2. The minimum absolute atomic E-state index is 0.0715. The van der Waals surface area contributed by atoms with Gasteiger partial charge in [-0.1, -0.05) is 18.2 Å². The summed E-state index contributed by atoms with van der Waals surface area (Å²) in [5, 5.41) is 28.8. The fourth-order valence-corrected chi connectivity index (χ4v) is 3.18. The molecule has 4 N–H and O–H groups in total. The van der Waals surface area contributed by atoms with E-state index >= 15 is 0 Å². The van der Waals surface area contributed by atoms with Crippen molar-refractivity contribution < 1.29 is 23.0 Å². The third kappa shape index (κ3) is 3.54. The summed E-state index contributed by atoms with van der Waals surface area (Å²) < 4.78 is 33.0. The third-order valence-electron chi connectivity index (χ3n) is 3.70. The molecule has 11 heteroatoms. The number of non-ortho nitro benzene ring substituents is 1. The van der Waals surface area contributed by atoms with Crippen molar-refractivity contribution in [1.29, 1.82) is 0 Å². The Hall–Kier alpha value is -3.57. The van der Waals surface area contributed by atoms with Gasteiger partial charge in [0.25, 0.3) is 15.8 Å². The molecule has 0 spiro atoms. The van der Waals surface area contributed by atoms with Crippen molar-refractivity contribution in [3.63, 3.8) is 0 Å². The zero-order chi connectivity index (χ0) is 19.8. The molecule has 10 nitrogen and oxygen atoms in total. The Balaban J connectivity index is 2.23. The third-order valence-corrected chi connectivity index (χ3v) is 4.57. The SMILES string of the molecule is Nc1c(N=Nc2cccc([N+](=O)[O-])c2)c(S(=O)(=O)O)cc2cccc(O)c12. The van der Waals surface area contributed by atoms with Gasteiger partial charge in [-0.05, 0) is 23.6 Å². The number of hydrogen-bond acceptors (Lipinski definition) is 8. The number of phenolic OH excluding ortho intramolecular Hbond substituents is 1. The summed E-state index contributed by atoms with van der Waals surface area (Å²) in [5.41, 5.74) is 5.20. The summed E-state index contributed by atoms with van der Waals surface area (Å²) in [6, 6.07) is 10.6. The number of hydrogen-bond donors (Lipinski definition) is 3. The van der Waals surface area contributed by atoms with E-state index in [1.807, 2.05) is 0 Å². The highest BCUT2D eigenvalue weighted by Gasteiger charge is 2.22. The fraction of sp³-hybridized carbons (Fsp3) is 0. The topological polar surface area (TPSA) is 168 Å². The van der Waals surface area contributed by atoms with Gasteiger partial charge in [-0.2, -0.15) is 13.5 Å². The number of phenols is 1. The molecule has 27 heavy (non-hydrogen) atoms. The number of nitro benzene ring substituents is 1. The molecule has 0 heterocycles. The Morgan fingerprint density at radius 3 is 2.44 bits per heavy atom. The number of nitrogens with zero attached hydrogens (tertiary/aromatic N) is 3. The van der Waals surface area contributed by atoms with Crippen LogP contribution >= 0.6 is 0 Å². The Morgan fingerprint density at radius 2 is 1.78 bits per heavy atom. The maximum absolute atomic E-state index is 11.7. The second-order valence-corrected chi connectivity index (χ2v) is 6.85. The smallest absolute Gasteiger partial charge is 0.296 e. The van der Waals surface area contributed by atoms with Gasteiger partial charge in [0.05, 0.1) is 16.3 Å². The largest absolute Gasteiger partial charge is 0.507 e. The maximum Gasteiger partial charge on any atom is 0.296 e. The van der Waals surface area contributed by atoms with Crippen LogP contribution in [-0.4, -0.2) is 23.0 Å². The molecule has 0 amide bonds. The van der Waals surface area contributed by atoms with Crippen LogP contribution < -0.4 is 5.73 Å². The second-order valence-electron chi connectivity index (χ2n) is 5.46. The molecule has 3 rings (SSSR count). The number of fused-ring (bicyclic) bond motifs is 1. The van der Waals surface area contributed by atoms with Crippen molar-refractivity contribution >= 4 is 43.6 Å². The molecule has 0 aliphatic heterocycles. The molecular formula is C16H12N4O6S. The molecule has 3 aromatic carbocycles. The summed E-state index contributed by atoms with van der Waals surface area (Å²) in [6.45, 7) is 0. The molecule has 0 aromatic heterocycles. The normalized spacial score (nSPS) is 11.9. The van der Waals surface area contributed by atoms with E-state index in [9.17, 15) is 28.2 Å². The van der Waals surface area contributed by atoms with E-state index in [0.29, 0.717) is 0 Å². The molecule has 0 radical (unpaired) electrons. The van der Waals surface area contributed by atoms with Gasteiger partial charge in [-0.25, -0.2) is 0 Å². The quantitative estimate of drug-likeness (QED) is 0.201. The number of aromatic hydroxyl groups is 1. The average Bonchev–Trinajstić information content (AvgIpc) is 2.60. The number of nitrogen functional groups attached to an aromatic ring is 1. The number of anilines is 1. The molecule has 0 bridgehead atoms. The summed E-state index contributed by atoms with van der Waals surface area (Å²) in [6.07, 6.45) is 0. The number of benzene rings is 3. The van der Waals surface area contributed by atoms with E-state index in [4.69, 9.17) is 5.73 Å². The lowest BCUT2D eigenvalue weighted by Crippen LogP contribution is -2.01. The lowest BCUT2D eigenvalue weighted by molar-refractivity contribution is -0.384. The fourth-order valence-electron chi connectivity index (χ4n) is 2.51. The lowest BCUT2D eigenvalue weighted by atomic mass is 10.1. The number of rotatable bonds is 4. The molecule has 0 aliphatic rings. The van der Waals surface area contributed by atoms with E-state index in [-0.39, 0.29) is 33.6 Å². The van der Waals surface area contributed by atoms with E-state index in [1.54, 1.807) is 0 Å². The first-order valence-corrected chi connectivity index (χ1v) is 8.80. The van der Waals surface area contributed by atoms with E-state index in [0.717, 1.165) is 12.1 Å². The van der Waals surface area contributed by atoms with Crippen LogP contribution in [0.1, 0.15) is 0 Å². The van der Waals surface area contributed by atoms with Crippen LogP contribution in [0.4, 0.5) is 22.7 Å². The minimum atomic E-state index is -4.71. The minimum Gasteiger partial charge on any atom is -0.507 e. The maximum atomic E-state index is 11.7. The van der Waals surface area contributed by atoms with Crippen LogP contribution in [0.15, 0.2) is 63.7 Å². The first-order valence-electron chi connectivity index (χ1n) is 7.36. The zero-order valence-electron chi connectivity index (χ0n) is 13.5. The van der Waals surface area contributed by atoms with Gasteiger partial charge in [0.1, 0.15) is 16.3 Å². The van der Waals surface area contributed by atoms with Crippen molar-refractivity contribution in [3.05, 3.63) is 58.6 Å². The van der Waals surface area contributed by atoms with Gasteiger partial charge in [-0.15, -0.1) is 5.11 Å². The van der Waals surface area contributed by atoms with Crippen LogP contribution in [-0.2, 0) is 10.1 Å². The number of nitro groups is 1. The molecule has 0 unspecified atom stereocenters. The molecule has 3 aromatic rings. The number of nitrogens with two attached hydrogens (primary N) is 1. The Kier molecular flexibility index (Phi) is 4.47. The zero-order valence-corrected chi connectivity index (χ0v) is 14.3. The van der Waals surface area contributed by atoms with Crippen molar-refractivity contribution in [2.45, 2.75) is 4.90 Å². The van der Waals surface area contributed by atoms with Crippen LogP contribution in [0, 0.1) is 10.1 Å². The standard InChI is InChI=1S/C16H12N4O6S/c17-15-14-9(3-1-6-12(14)21)7-13(27(24,25)26)16(15)19-18-10-4-2-5-11(8-10)20(22)23/h1-8,21H,17H2,(H,24,25,26). The molecule has 0 atom stereocenters. The summed E-state index contributed by atoms with van der Waals surface area (Å²) in [7, 11) is -4.71. The summed E-state index contributed by atoms with van der Waals surface area (Å²) in [5.74, 6) is -0.210. The average molecular weight is 388 g/mol. The summed E-state index contributed by atoms with van der Waals surface area (Å²) >= 11 is 0. The van der Waals surface area contributed by atoms with Gasteiger partial charge in [0, 0.05) is 17.5 Å². The van der Waals surface area contributed by atoms with Crippen molar-refractivity contribution in [2.24, 2.45) is 10.2 Å². The number of azo groups is 1. The Bertz CT molecular complexity index is 1210. The predicted octanol–water partition coefficient (Wildman–Crippen LogP) is 3.70. The molecule has 0 aliphatic carbocycles. The van der Waals surface area contributed by atoms with Crippen LogP contribution in [0.25, 0.3) is 10.8 Å². The van der Waals surface area contributed by atoms with Gasteiger partial charge in [-0.3, -0.25) is 14.7 Å². The Morgan fingerprint density at radius 1 is 1.07 bits per heavy atom. The Labute approximate surface area is 152 Å². The highest BCUT2D eigenvalue weighted by Crippen LogP contribution is 2.41. The van der Waals surface area contributed by atoms with Crippen LogP contribution in [0.3, 0.4) is 0 Å². The highest BCUT2D eigenvalue weighted by molar-refractivity contribution is 7.86. The van der Waals surface area contributed by atoms with Gasteiger partial charge in [0.15, 0.2) is 0 Å². The molecule has 0 saturated carbocycles. The molecule has 0 fully saturated rings. The van der Waals surface area contributed by atoms with Crippen molar-refractivity contribution in [3.8, 4) is 5.75 Å². The molecular weight excluding hydrogens is 376 g/mol. The van der Waals surface area contributed by atoms with Gasteiger partial charge in [0.2, 0.25) is 0 Å². The van der Waals surface area contributed by atoms with Crippen molar-refractivity contribution in [1.82, 2.24) is 0 Å². The second kappa shape index (κ2) is 6.63. The first-order chi connectivity index (χ1) is 12.7.